The second-order valence-electron chi connectivity index (χ2n) is 15.1. The van der Waals surface area contributed by atoms with Gasteiger partial charge in [0.2, 0.25) is 27.7 Å². The van der Waals surface area contributed by atoms with Crippen LogP contribution < -0.4 is 20.1 Å². The molecule has 4 amide bonds. The van der Waals surface area contributed by atoms with Crippen LogP contribution in [0.3, 0.4) is 0 Å². The lowest BCUT2D eigenvalue weighted by Gasteiger charge is -2.47. The van der Waals surface area contributed by atoms with Gasteiger partial charge in [-0.05, 0) is 89.2 Å². The van der Waals surface area contributed by atoms with Gasteiger partial charge in [-0.15, -0.1) is 6.58 Å². The number of aryl methyl sites for hydroxylation is 1. The minimum absolute atomic E-state index is 0.00320. The number of sulfonamides is 1. The number of benzene rings is 1. The molecule has 7 atom stereocenters. The number of rotatable bonds is 6. The fourth-order valence-electron chi connectivity index (χ4n) is 8.23. The van der Waals surface area contributed by atoms with E-state index >= 15 is 0 Å². The van der Waals surface area contributed by atoms with E-state index in [1.54, 1.807) is 13.0 Å². The number of para-hydroxylation sites is 2. The molecule has 1 aromatic heterocycles. The minimum atomic E-state index is -3.89. The molecule has 7 rings (SSSR count). The summed E-state index contributed by atoms with van der Waals surface area (Å²) in [6.07, 6.45) is 8.73. The monoisotopic (exact) mass is 736 g/mol. The molecule has 7 unspecified atom stereocenters. The number of ether oxygens (including phenoxy) is 2. The van der Waals surface area contributed by atoms with Gasteiger partial charge in [-0.2, -0.15) is 0 Å². The van der Waals surface area contributed by atoms with E-state index < -0.39 is 68.7 Å². The first-order valence-electron chi connectivity index (χ1n) is 18.7. The maximum atomic E-state index is 14.3. The van der Waals surface area contributed by atoms with Gasteiger partial charge in [0.25, 0.3) is 5.91 Å². The van der Waals surface area contributed by atoms with Crippen LogP contribution in [0.1, 0.15) is 89.7 Å². The molecule has 2 bridgehead atoms. The smallest absolute Gasteiger partial charge is 0.408 e. The molecule has 2 aliphatic heterocycles. The predicted octanol–water partition coefficient (Wildman–Crippen LogP) is 3.44. The Morgan fingerprint density at radius 1 is 1.00 bits per heavy atom. The highest BCUT2D eigenvalue weighted by atomic mass is 32.2. The second-order valence-corrected chi connectivity index (χ2v) is 17.0. The highest BCUT2D eigenvalue weighted by molar-refractivity contribution is 7.91. The summed E-state index contributed by atoms with van der Waals surface area (Å²) < 4.78 is 40.1. The van der Waals surface area contributed by atoms with Crippen LogP contribution in [0.25, 0.3) is 11.0 Å². The van der Waals surface area contributed by atoms with Crippen LogP contribution in [0.2, 0.25) is 0 Å². The van der Waals surface area contributed by atoms with Gasteiger partial charge < -0.3 is 25.0 Å². The predicted molar refractivity (Wildman–Crippen MR) is 190 cm³/mol. The zero-order chi connectivity index (χ0) is 36.6. The number of carbonyl (C=O) groups excluding carboxylic acids is 4. The maximum Gasteiger partial charge on any atom is 0.408 e. The molecule has 2 aromatic rings. The molecule has 52 heavy (non-hydrogen) atoms. The van der Waals surface area contributed by atoms with Crippen molar-refractivity contribution < 1.29 is 37.1 Å². The number of carbonyl (C=O) groups is 4. The summed E-state index contributed by atoms with van der Waals surface area (Å²) in [5.41, 5.74) is 0.543. The first-order chi connectivity index (χ1) is 25.0. The molecule has 3 aliphatic carbocycles. The number of hydrogen-bond donors (Lipinski definition) is 3. The van der Waals surface area contributed by atoms with Gasteiger partial charge in [0.1, 0.15) is 35.5 Å². The summed E-state index contributed by atoms with van der Waals surface area (Å²) in [5.74, 6) is -1.90. The summed E-state index contributed by atoms with van der Waals surface area (Å²) >= 11 is 0. The molecular formula is C37H48N6O8S. The molecule has 5 aliphatic rings. The van der Waals surface area contributed by atoms with Crippen LogP contribution >= 0.6 is 0 Å². The Balaban J connectivity index is 1.18. The average molecular weight is 737 g/mol. The van der Waals surface area contributed by atoms with Gasteiger partial charge in [0.05, 0.1) is 22.8 Å². The van der Waals surface area contributed by atoms with Crippen molar-refractivity contribution in [3.63, 3.8) is 0 Å². The number of hydrogen-bond acceptors (Lipinski definition) is 10. The molecule has 3 heterocycles. The SMILES string of the molecule is C=CC1CCC1(NC(=O)C1CC2CN1C(=O)C(C)NC(=O)OC1CCCC1CCCCCc1nc3ccccc3nc1O2)C(=O)NS(=O)(=O)C1CC1. The number of alkyl carbamates (subject to hydrolysis) is 1. The third-order valence-corrected chi connectivity index (χ3v) is 13.3. The van der Waals surface area contributed by atoms with E-state index in [1.807, 2.05) is 24.3 Å². The number of amides is 4. The van der Waals surface area contributed by atoms with Crippen molar-refractivity contribution in [1.82, 2.24) is 30.2 Å². The van der Waals surface area contributed by atoms with E-state index in [0.29, 0.717) is 42.8 Å². The van der Waals surface area contributed by atoms with Crippen molar-refractivity contribution in [3.8, 4) is 5.88 Å². The highest BCUT2D eigenvalue weighted by Gasteiger charge is 2.56. The maximum absolute atomic E-state index is 14.3. The van der Waals surface area contributed by atoms with E-state index in [2.05, 4.69) is 21.9 Å². The topological polar surface area (TPSA) is 186 Å². The Morgan fingerprint density at radius 3 is 2.46 bits per heavy atom. The largest absolute Gasteiger partial charge is 0.471 e. The Bertz CT molecular complexity index is 1850. The second kappa shape index (κ2) is 14.6. The molecule has 3 N–H and O–H groups in total. The number of nitrogens with one attached hydrogen (secondary N) is 3. The molecule has 4 fully saturated rings. The zero-order valence-corrected chi connectivity index (χ0v) is 30.4. The van der Waals surface area contributed by atoms with Crippen LogP contribution in [0.15, 0.2) is 36.9 Å². The Labute approximate surface area is 303 Å². The van der Waals surface area contributed by atoms with E-state index in [9.17, 15) is 27.6 Å². The molecule has 14 nitrogen and oxygen atoms in total. The molecular weight excluding hydrogens is 689 g/mol. The van der Waals surface area contributed by atoms with Crippen molar-refractivity contribution in [1.29, 1.82) is 0 Å². The van der Waals surface area contributed by atoms with Gasteiger partial charge >= 0.3 is 6.09 Å². The van der Waals surface area contributed by atoms with Gasteiger partial charge in [-0.1, -0.05) is 31.1 Å². The summed E-state index contributed by atoms with van der Waals surface area (Å²) in [6.45, 7) is 5.37. The molecule has 15 heteroatoms. The van der Waals surface area contributed by atoms with Crippen LogP contribution in [0.4, 0.5) is 4.79 Å². The Morgan fingerprint density at radius 2 is 1.75 bits per heavy atom. The molecule has 280 valence electrons. The molecule has 0 radical (unpaired) electrons. The van der Waals surface area contributed by atoms with Crippen LogP contribution in [0.5, 0.6) is 5.88 Å². The third kappa shape index (κ3) is 7.33. The van der Waals surface area contributed by atoms with E-state index in [-0.39, 0.29) is 31.4 Å². The lowest BCUT2D eigenvalue weighted by Crippen LogP contribution is -2.70. The summed E-state index contributed by atoms with van der Waals surface area (Å²) in [7, 11) is -3.89. The molecule has 3 saturated carbocycles. The molecule has 1 aromatic carbocycles. The van der Waals surface area contributed by atoms with Crippen molar-refractivity contribution in [3.05, 3.63) is 42.6 Å². The first-order valence-corrected chi connectivity index (χ1v) is 20.2. The Hall–Kier alpha value is -4.27. The number of nitrogens with zero attached hydrogens (tertiary/aromatic N) is 3. The average Bonchev–Trinajstić information content (AvgIpc) is 3.76. The Kier molecular flexibility index (Phi) is 10.2. The van der Waals surface area contributed by atoms with Crippen molar-refractivity contribution in [2.75, 3.05) is 6.54 Å². The van der Waals surface area contributed by atoms with E-state index in [1.165, 1.54) is 4.90 Å². The standard InChI is InChI=1S/C37H48N6O8S/c1-3-24-18-19-37(24,35(46)42-52(48,49)26-16-17-26)41-32(44)30-20-25-21-43(30)34(45)22(2)38-36(47)51-31-15-9-11-23(31)10-5-4-6-14-29-33(50-25)40-28-13-8-7-12-27(28)39-29/h3,7-8,12-13,22-26,30-31H,1,4-6,9-11,14-21H2,2H3,(H,38,47)(H,41,44)(H,42,46). The van der Waals surface area contributed by atoms with Crippen molar-refractivity contribution in [2.45, 2.75) is 125 Å². The quantitative estimate of drug-likeness (QED) is 0.371. The van der Waals surface area contributed by atoms with E-state index in [4.69, 9.17) is 19.4 Å². The van der Waals surface area contributed by atoms with Gasteiger partial charge in [0.15, 0.2) is 0 Å². The zero-order valence-electron chi connectivity index (χ0n) is 29.6. The van der Waals surface area contributed by atoms with Gasteiger partial charge in [0, 0.05) is 12.3 Å². The fourth-order valence-corrected chi connectivity index (χ4v) is 9.59. The van der Waals surface area contributed by atoms with Gasteiger partial charge in [-0.3, -0.25) is 19.1 Å². The summed E-state index contributed by atoms with van der Waals surface area (Å²) in [6, 6.07) is 5.39. The summed E-state index contributed by atoms with van der Waals surface area (Å²) in [5, 5.41) is 4.90. The van der Waals surface area contributed by atoms with Crippen LogP contribution in [-0.4, -0.2) is 88.7 Å². The fraction of sp³-hybridized carbons (Fsp3) is 0.622. The van der Waals surface area contributed by atoms with E-state index in [0.717, 1.165) is 50.5 Å². The first kappa shape index (κ1) is 36.1. The highest BCUT2D eigenvalue weighted by Crippen LogP contribution is 2.41. The minimum Gasteiger partial charge on any atom is -0.471 e. The number of fused-ring (bicyclic) bond motifs is 5. The van der Waals surface area contributed by atoms with Crippen LogP contribution in [0, 0.1) is 11.8 Å². The molecule has 0 spiro atoms. The lowest BCUT2D eigenvalue weighted by molar-refractivity contribution is -0.144. The normalized spacial score (nSPS) is 31.4. The number of aromatic nitrogens is 2. The summed E-state index contributed by atoms with van der Waals surface area (Å²) in [4.78, 5) is 66.1. The van der Waals surface area contributed by atoms with Gasteiger partial charge in [-0.25, -0.2) is 23.2 Å². The third-order valence-electron chi connectivity index (χ3n) is 11.5. The van der Waals surface area contributed by atoms with Crippen molar-refractivity contribution >= 4 is 44.9 Å². The lowest BCUT2D eigenvalue weighted by atomic mass is 9.66. The van der Waals surface area contributed by atoms with Crippen molar-refractivity contribution in [2.24, 2.45) is 11.8 Å². The molecule has 1 saturated heterocycles. The van der Waals surface area contributed by atoms with Crippen LogP contribution in [-0.2, 0) is 35.6 Å².